The lowest BCUT2D eigenvalue weighted by molar-refractivity contribution is -0.116. The number of rotatable bonds is 7. The van der Waals surface area contributed by atoms with Gasteiger partial charge in [-0.1, -0.05) is 24.6 Å². The monoisotopic (exact) mass is 297 g/mol. The molecule has 1 atom stereocenters. The molecule has 0 radical (unpaired) electrons. The van der Waals surface area contributed by atoms with Gasteiger partial charge in [0.15, 0.2) is 0 Å². The summed E-state index contributed by atoms with van der Waals surface area (Å²) in [5.41, 5.74) is 7.09. The highest BCUT2D eigenvalue weighted by atomic mass is 35.5. The molecule has 4 nitrogen and oxygen atoms in total. The van der Waals surface area contributed by atoms with Gasteiger partial charge in [-0.2, -0.15) is 0 Å². The van der Waals surface area contributed by atoms with Crippen LogP contribution >= 0.6 is 11.6 Å². The molecule has 0 aromatic heterocycles. The minimum absolute atomic E-state index is 0.0132. The second-order valence-corrected chi connectivity index (χ2v) is 5.71. The number of hydrogen-bond acceptors (Lipinski definition) is 3. The first kappa shape index (κ1) is 16.8. The molecule has 0 bridgehead atoms. The third-order valence-electron chi connectivity index (χ3n) is 3.23. The fourth-order valence-electron chi connectivity index (χ4n) is 2.09. The standard InChI is InChI=1S/C15H24ClN3O/c1-11(9-10-17)7-8-14(20)18-13-6-4-5-12(16)15(13)19(2)3/h4-6,11H,7-10,17H2,1-3H3,(H,18,20). The molecule has 1 aromatic rings. The molecule has 1 rings (SSSR count). The van der Waals surface area contributed by atoms with Gasteiger partial charge in [-0.15, -0.1) is 0 Å². The Morgan fingerprint density at radius 1 is 1.40 bits per heavy atom. The highest BCUT2D eigenvalue weighted by Crippen LogP contribution is 2.32. The van der Waals surface area contributed by atoms with Crippen LogP contribution < -0.4 is 16.0 Å². The number of nitrogens with two attached hydrogens (primary N) is 1. The van der Waals surface area contributed by atoms with Gasteiger partial charge in [0.2, 0.25) is 5.91 Å². The van der Waals surface area contributed by atoms with Gasteiger partial charge in [-0.3, -0.25) is 4.79 Å². The summed E-state index contributed by atoms with van der Waals surface area (Å²) in [6.07, 6.45) is 2.30. The van der Waals surface area contributed by atoms with Crippen molar-refractivity contribution in [3.63, 3.8) is 0 Å². The SMILES string of the molecule is CC(CCN)CCC(=O)Nc1cccc(Cl)c1N(C)C. The fraction of sp³-hybridized carbons (Fsp3) is 0.533. The molecule has 1 aromatic carbocycles. The molecule has 20 heavy (non-hydrogen) atoms. The Morgan fingerprint density at radius 2 is 2.10 bits per heavy atom. The van der Waals surface area contributed by atoms with E-state index in [9.17, 15) is 4.79 Å². The van der Waals surface area contributed by atoms with Crippen LogP contribution in [0.1, 0.15) is 26.2 Å². The van der Waals surface area contributed by atoms with Crippen molar-refractivity contribution < 1.29 is 4.79 Å². The van der Waals surface area contributed by atoms with E-state index in [-0.39, 0.29) is 5.91 Å². The number of carbonyl (C=O) groups excluding carboxylic acids is 1. The topological polar surface area (TPSA) is 58.4 Å². The van der Waals surface area contributed by atoms with Gasteiger partial charge in [0.05, 0.1) is 16.4 Å². The summed E-state index contributed by atoms with van der Waals surface area (Å²) in [7, 11) is 3.81. The summed E-state index contributed by atoms with van der Waals surface area (Å²) in [5, 5.41) is 3.56. The van der Waals surface area contributed by atoms with E-state index in [0.29, 0.717) is 23.9 Å². The molecule has 0 aliphatic carbocycles. The maximum absolute atomic E-state index is 12.0. The zero-order valence-electron chi connectivity index (χ0n) is 12.4. The first-order chi connectivity index (χ1) is 9.45. The van der Waals surface area contributed by atoms with Crippen molar-refractivity contribution in [2.24, 2.45) is 11.7 Å². The van der Waals surface area contributed by atoms with E-state index in [1.807, 2.05) is 37.2 Å². The Kier molecular flexibility index (Phi) is 6.82. The Balaban J connectivity index is 2.64. The minimum atomic E-state index is 0.0132. The minimum Gasteiger partial charge on any atom is -0.375 e. The molecule has 1 amide bonds. The average molecular weight is 298 g/mol. The van der Waals surface area contributed by atoms with Gasteiger partial charge in [-0.05, 0) is 37.4 Å². The summed E-state index contributed by atoms with van der Waals surface area (Å²) in [5.74, 6) is 0.484. The first-order valence-electron chi connectivity index (χ1n) is 6.91. The zero-order chi connectivity index (χ0) is 15.1. The number of benzene rings is 1. The summed E-state index contributed by atoms with van der Waals surface area (Å²) in [6.45, 7) is 2.78. The molecule has 0 saturated heterocycles. The third kappa shape index (κ3) is 5.02. The van der Waals surface area contributed by atoms with Crippen LogP contribution in [0, 0.1) is 5.92 Å². The van der Waals surface area contributed by atoms with Gasteiger partial charge >= 0.3 is 0 Å². The Hall–Kier alpha value is -1.26. The van der Waals surface area contributed by atoms with Crippen LogP contribution in [0.25, 0.3) is 0 Å². The molecule has 0 spiro atoms. The molecule has 0 aliphatic heterocycles. The maximum Gasteiger partial charge on any atom is 0.224 e. The van der Waals surface area contributed by atoms with E-state index in [4.69, 9.17) is 17.3 Å². The van der Waals surface area contributed by atoms with Gasteiger partial charge in [0, 0.05) is 20.5 Å². The van der Waals surface area contributed by atoms with E-state index in [1.54, 1.807) is 0 Å². The van der Waals surface area contributed by atoms with Gasteiger partial charge in [-0.25, -0.2) is 0 Å². The highest BCUT2D eigenvalue weighted by Gasteiger charge is 2.12. The molecular weight excluding hydrogens is 274 g/mol. The lowest BCUT2D eigenvalue weighted by Crippen LogP contribution is -2.17. The molecule has 3 N–H and O–H groups in total. The molecule has 0 heterocycles. The van der Waals surface area contributed by atoms with Crippen molar-refractivity contribution >= 4 is 28.9 Å². The van der Waals surface area contributed by atoms with E-state index >= 15 is 0 Å². The number of nitrogens with one attached hydrogen (secondary N) is 1. The summed E-state index contributed by atoms with van der Waals surface area (Å²) in [6, 6.07) is 5.51. The summed E-state index contributed by atoms with van der Waals surface area (Å²) >= 11 is 6.17. The number of halogens is 1. The summed E-state index contributed by atoms with van der Waals surface area (Å²) in [4.78, 5) is 13.9. The van der Waals surface area contributed by atoms with Crippen LogP contribution in [0.4, 0.5) is 11.4 Å². The molecule has 5 heteroatoms. The van der Waals surface area contributed by atoms with E-state index in [0.717, 1.165) is 24.2 Å². The summed E-state index contributed by atoms with van der Waals surface area (Å²) < 4.78 is 0. The Labute approximate surface area is 126 Å². The van der Waals surface area contributed by atoms with E-state index in [1.165, 1.54) is 0 Å². The number of anilines is 2. The van der Waals surface area contributed by atoms with Crippen LogP contribution in [-0.2, 0) is 4.79 Å². The zero-order valence-corrected chi connectivity index (χ0v) is 13.2. The predicted molar refractivity (Wildman–Crippen MR) is 86.5 cm³/mol. The molecular formula is C15H24ClN3O. The van der Waals surface area contributed by atoms with E-state index < -0.39 is 0 Å². The second-order valence-electron chi connectivity index (χ2n) is 5.30. The number of nitrogens with zero attached hydrogens (tertiary/aromatic N) is 1. The Morgan fingerprint density at radius 3 is 2.70 bits per heavy atom. The van der Waals surface area contributed by atoms with Gasteiger partial charge in [0.1, 0.15) is 0 Å². The van der Waals surface area contributed by atoms with Crippen LogP contribution in [0.2, 0.25) is 5.02 Å². The molecule has 112 valence electrons. The Bertz CT molecular complexity index is 449. The third-order valence-corrected chi connectivity index (χ3v) is 3.54. The van der Waals surface area contributed by atoms with Crippen molar-refractivity contribution in [1.29, 1.82) is 0 Å². The van der Waals surface area contributed by atoms with Crippen LogP contribution in [-0.4, -0.2) is 26.5 Å². The largest absolute Gasteiger partial charge is 0.375 e. The molecule has 0 aliphatic rings. The van der Waals surface area contributed by atoms with Gasteiger partial charge < -0.3 is 16.0 Å². The maximum atomic E-state index is 12.0. The number of hydrogen-bond donors (Lipinski definition) is 2. The molecule has 0 saturated carbocycles. The molecule has 1 unspecified atom stereocenters. The average Bonchev–Trinajstić information content (AvgIpc) is 2.36. The number of amides is 1. The van der Waals surface area contributed by atoms with Crippen LogP contribution in [0.5, 0.6) is 0 Å². The quantitative estimate of drug-likeness (QED) is 0.813. The highest BCUT2D eigenvalue weighted by molar-refractivity contribution is 6.34. The van der Waals surface area contributed by atoms with Crippen LogP contribution in [0.15, 0.2) is 18.2 Å². The second kappa shape index (κ2) is 8.12. The van der Waals surface area contributed by atoms with Crippen molar-refractivity contribution in [3.8, 4) is 0 Å². The van der Waals surface area contributed by atoms with Crippen LogP contribution in [0.3, 0.4) is 0 Å². The first-order valence-corrected chi connectivity index (χ1v) is 7.29. The fourth-order valence-corrected chi connectivity index (χ4v) is 2.43. The smallest absolute Gasteiger partial charge is 0.224 e. The number of para-hydroxylation sites is 1. The normalized spacial score (nSPS) is 12.1. The van der Waals surface area contributed by atoms with Crippen molar-refractivity contribution in [3.05, 3.63) is 23.2 Å². The lowest BCUT2D eigenvalue weighted by Gasteiger charge is -2.19. The predicted octanol–water partition coefficient (Wildman–Crippen LogP) is 3.11. The molecule has 0 fully saturated rings. The van der Waals surface area contributed by atoms with Crippen molar-refractivity contribution in [2.45, 2.75) is 26.2 Å². The lowest BCUT2D eigenvalue weighted by atomic mass is 10.0. The number of carbonyl (C=O) groups is 1. The van der Waals surface area contributed by atoms with Crippen molar-refractivity contribution in [1.82, 2.24) is 0 Å². The van der Waals surface area contributed by atoms with Gasteiger partial charge in [0.25, 0.3) is 0 Å². The van der Waals surface area contributed by atoms with Crippen molar-refractivity contribution in [2.75, 3.05) is 30.9 Å². The van der Waals surface area contributed by atoms with E-state index in [2.05, 4.69) is 12.2 Å².